The van der Waals surface area contributed by atoms with Crippen LogP contribution in [0.5, 0.6) is 0 Å². The Bertz CT molecular complexity index is 496. The lowest BCUT2D eigenvalue weighted by molar-refractivity contribution is -0.939. The fourth-order valence-electron chi connectivity index (χ4n) is 3.79. The number of nitrogens with two attached hydrogens (primary N) is 1. The van der Waals surface area contributed by atoms with E-state index in [0.29, 0.717) is 18.5 Å². The second-order valence-electron chi connectivity index (χ2n) is 6.04. The largest absolute Gasteiger partial charge is 0.359 e. The number of piperidine rings is 2. The third kappa shape index (κ3) is 2.80. The van der Waals surface area contributed by atoms with Crippen LogP contribution in [0.3, 0.4) is 0 Å². The van der Waals surface area contributed by atoms with Gasteiger partial charge in [-0.3, -0.25) is 9.42 Å². The van der Waals surface area contributed by atoms with Gasteiger partial charge in [0, 0.05) is 12.5 Å². The van der Waals surface area contributed by atoms with E-state index in [2.05, 4.69) is 15.1 Å². The standard InChI is InChI=1S/C13H21N5O3/c14-12-11(18(20)21-16-12)13(19)15-8-9-4-3-7-17-6-2-1-5-10(9)17/h9-10H,1-8H2,(H2,14,16)(H,15,19)/p+1/t9-,10-/m1/s1. The van der Waals surface area contributed by atoms with E-state index < -0.39 is 5.91 Å². The maximum Gasteiger partial charge on any atom is 0.318 e. The molecule has 0 saturated carbocycles. The van der Waals surface area contributed by atoms with Crippen molar-refractivity contribution >= 4 is 11.7 Å². The highest BCUT2D eigenvalue weighted by atomic mass is 16.8. The van der Waals surface area contributed by atoms with Gasteiger partial charge < -0.3 is 21.2 Å². The highest BCUT2D eigenvalue weighted by Gasteiger charge is 2.37. The Hall–Kier alpha value is -1.83. The molecule has 21 heavy (non-hydrogen) atoms. The van der Waals surface area contributed by atoms with Gasteiger partial charge in [-0.25, -0.2) is 0 Å². The average molecular weight is 296 g/mol. The molecule has 2 fully saturated rings. The molecule has 0 aliphatic carbocycles. The molecule has 0 spiro atoms. The van der Waals surface area contributed by atoms with E-state index in [1.165, 1.54) is 38.8 Å². The first kappa shape index (κ1) is 14.1. The zero-order chi connectivity index (χ0) is 14.8. The van der Waals surface area contributed by atoms with Gasteiger partial charge in [-0.15, -0.1) is 0 Å². The van der Waals surface area contributed by atoms with Gasteiger partial charge in [0.25, 0.3) is 0 Å². The lowest BCUT2D eigenvalue weighted by Gasteiger charge is -2.41. The van der Waals surface area contributed by atoms with E-state index >= 15 is 0 Å². The molecule has 1 aromatic rings. The zero-order valence-corrected chi connectivity index (χ0v) is 12.0. The Balaban J connectivity index is 1.60. The molecular weight excluding hydrogens is 274 g/mol. The molecule has 2 aliphatic rings. The first-order chi connectivity index (χ1) is 10.2. The van der Waals surface area contributed by atoms with Gasteiger partial charge >= 0.3 is 17.4 Å². The van der Waals surface area contributed by atoms with E-state index in [1.807, 2.05) is 0 Å². The van der Waals surface area contributed by atoms with Crippen molar-refractivity contribution in [1.29, 1.82) is 0 Å². The third-order valence-electron chi connectivity index (χ3n) is 4.81. The van der Waals surface area contributed by atoms with Gasteiger partial charge in [0.1, 0.15) is 0 Å². The summed E-state index contributed by atoms with van der Waals surface area (Å²) in [5.41, 5.74) is 5.22. The number of hydrogen-bond acceptors (Lipinski definition) is 5. The van der Waals surface area contributed by atoms with Crippen molar-refractivity contribution in [2.45, 2.75) is 38.1 Å². The van der Waals surface area contributed by atoms with Crippen LogP contribution in [0.2, 0.25) is 0 Å². The van der Waals surface area contributed by atoms with Gasteiger partial charge in [-0.05, 0) is 37.0 Å². The number of amides is 1. The van der Waals surface area contributed by atoms with Crippen LogP contribution in [0.25, 0.3) is 0 Å². The fourth-order valence-corrected chi connectivity index (χ4v) is 3.79. The number of fused-ring (bicyclic) bond motifs is 1. The molecule has 0 radical (unpaired) electrons. The maximum atomic E-state index is 12.0. The molecule has 3 atom stereocenters. The summed E-state index contributed by atoms with van der Waals surface area (Å²) in [6.45, 7) is 3.07. The van der Waals surface area contributed by atoms with Crippen molar-refractivity contribution in [2.75, 3.05) is 25.4 Å². The predicted molar refractivity (Wildman–Crippen MR) is 73.3 cm³/mol. The topological polar surface area (TPSA) is 113 Å². The Labute approximate surface area is 122 Å². The van der Waals surface area contributed by atoms with Crippen molar-refractivity contribution in [2.24, 2.45) is 5.92 Å². The molecule has 2 saturated heterocycles. The number of quaternary nitrogens is 1. The third-order valence-corrected chi connectivity index (χ3v) is 4.81. The number of nitrogen functional groups attached to an aromatic ring is 1. The summed E-state index contributed by atoms with van der Waals surface area (Å²) in [7, 11) is 0. The number of aromatic nitrogens is 2. The molecule has 8 heteroatoms. The minimum Gasteiger partial charge on any atom is -0.359 e. The van der Waals surface area contributed by atoms with Crippen molar-refractivity contribution in [3.8, 4) is 0 Å². The van der Waals surface area contributed by atoms with Crippen molar-refractivity contribution < 1.29 is 19.2 Å². The zero-order valence-electron chi connectivity index (χ0n) is 12.0. The normalized spacial score (nSPS) is 28.9. The minimum absolute atomic E-state index is 0.0592. The molecule has 3 heterocycles. The molecule has 0 bridgehead atoms. The molecule has 1 unspecified atom stereocenters. The number of rotatable bonds is 3. The van der Waals surface area contributed by atoms with Gasteiger partial charge in [0.2, 0.25) is 0 Å². The minimum atomic E-state index is -0.508. The quantitative estimate of drug-likeness (QED) is 0.586. The van der Waals surface area contributed by atoms with E-state index in [-0.39, 0.29) is 16.4 Å². The highest BCUT2D eigenvalue weighted by Crippen LogP contribution is 2.19. The Kier molecular flexibility index (Phi) is 3.96. The monoisotopic (exact) mass is 296 g/mol. The summed E-state index contributed by atoms with van der Waals surface area (Å²) < 4.78 is 4.32. The van der Waals surface area contributed by atoms with Crippen molar-refractivity contribution in [3.05, 3.63) is 10.9 Å². The lowest BCUT2D eigenvalue weighted by atomic mass is 9.83. The molecule has 4 N–H and O–H groups in total. The van der Waals surface area contributed by atoms with Crippen molar-refractivity contribution in [1.82, 2.24) is 10.5 Å². The van der Waals surface area contributed by atoms with Crippen LogP contribution in [0, 0.1) is 11.1 Å². The molecule has 8 nitrogen and oxygen atoms in total. The molecule has 0 aromatic carbocycles. The number of hydrogen-bond donors (Lipinski definition) is 3. The summed E-state index contributed by atoms with van der Waals surface area (Å²) in [5, 5.41) is 17.4. The van der Waals surface area contributed by atoms with Gasteiger partial charge in [-0.2, -0.15) is 0 Å². The number of carbonyl (C=O) groups excluding carboxylic acids is 1. The fraction of sp³-hybridized carbons (Fsp3) is 0.769. The molecular formula is C13H22N5O3+. The summed E-state index contributed by atoms with van der Waals surface area (Å²) in [6.07, 6.45) is 6.14. The summed E-state index contributed by atoms with van der Waals surface area (Å²) in [6, 6.07) is 0.631. The predicted octanol–water partition coefficient (Wildman–Crippen LogP) is -1.53. The van der Waals surface area contributed by atoms with Crippen LogP contribution in [-0.4, -0.2) is 36.7 Å². The van der Waals surface area contributed by atoms with E-state index in [0.717, 1.165) is 6.42 Å². The van der Waals surface area contributed by atoms with Crippen LogP contribution in [0.1, 0.15) is 42.6 Å². The van der Waals surface area contributed by atoms with Crippen LogP contribution in [0.4, 0.5) is 5.82 Å². The van der Waals surface area contributed by atoms with Gasteiger partial charge in [-0.1, -0.05) is 0 Å². The second-order valence-corrected chi connectivity index (χ2v) is 6.04. The van der Waals surface area contributed by atoms with Crippen LogP contribution < -0.4 is 20.9 Å². The number of nitrogens with zero attached hydrogens (tertiary/aromatic N) is 2. The van der Waals surface area contributed by atoms with E-state index in [4.69, 9.17) is 5.73 Å². The number of carbonyl (C=O) groups is 1. The number of anilines is 1. The second kappa shape index (κ2) is 5.88. The SMILES string of the molecule is Nc1no[n+]([O-])c1C(=O)NC[C@H]1CCC[NH+]2CCCC[C@H]12. The molecule has 1 amide bonds. The van der Waals surface area contributed by atoms with Crippen LogP contribution >= 0.6 is 0 Å². The van der Waals surface area contributed by atoms with E-state index in [9.17, 15) is 10.0 Å². The Morgan fingerprint density at radius 2 is 2.24 bits per heavy atom. The van der Waals surface area contributed by atoms with E-state index in [1.54, 1.807) is 4.90 Å². The van der Waals surface area contributed by atoms with Crippen molar-refractivity contribution in [3.63, 3.8) is 0 Å². The first-order valence-corrected chi connectivity index (χ1v) is 7.65. The molecule has 1 aromatic heterocycles. The molecule has 3 rings (SSSR count). The summed E-state index contributed by atoms with van der Waals surface area (Å²) in [5.74, 6) is -0.207. The average Bonchev–Trinajstić information content (AvgIpc) is 2.84. The highest BCUT2D eigenvalue weighted by molar-refractivity contribution is 5.94. The smallest absolute Gasteiger partial charge is 0.318 e. The van der Waals surface area contributed by atoms with Crippen LogP contribution in [0.15, 0.2) is 4.63 Å². The Morgan fingerprint density at radius 3 is 3.00 bits per heavy atom. The molecule has 2 aliphatic heterocycles. The molecule has 116 valence electrons. The Morgan fingerprint density at radius 1 is 1.43 bits per heavy atom. The maximum absolute atomic E-state index is 12.0. The van der Waals surface area contributed by atoms with Gasteiger partial charge in [0.15, 0.2) is 0 Å². The van der Waals surface area contributed by atoms with Crippen LogP contribution in [-0.2, 0) is 0 Å². The first-order valence-electron chi connectivity index (χ1n) is 7.65. The van der Waals surface area contributed by atoms with Gasteiger partial charge in [0.05, 0.1) is 24.3 Å². The summed E-state index contributed by atoms with van der Waals surface area (Å²) in [4.78, 5) is 13.8. The number of nitrogens with one attached hydrogen (secondary N) is 2. The lowest BCUT2D eigenvalue weighted by Crippen LogP contribution is -3.18. The summed E-state index contributed by atoms with van der Waals surface area (Å²) >= 11 is 0.